The van der Waals surface area contributed by atoms with Gasteiger partial charge in [-0.15, -0.1) is 0 Å². The number of hydrogen-bond acceptors (Lipinski definition) is 5. The fourth-order valence-electron chi connectivity index (χ4n) is 3.37. The number of amides is 1. The van der Waals surface area contributed by atoms with Crippen molar-refractivity contribution in [3.63, 3.8) is 0 Å². The summed E-state index contributed by atoms with van der Waals surface area (Å²) in [5.74, 6) is -0.605. The van der Waals surface area contributed by atoms with Crippen LogP contribution in [0.5, 0.6) is 0 Å². The van der Waals surface area contributed by atoms with Gasteiger partial charge in [0.1, 0.15) is 22.7 Å². The van der Waals surface area contributed by atoms with Crippen LogP contribution in [0.3, 0.4) is 0 Å². The third-order valence-electron chi connectivity index (χ3n) is 4.75. The Bertz CT molecular complexity index is 1220. The van der Waals surface area contributed by atoms with E-state index in [9.17, 15) is 9.18 Å². The third kappa shape index (κ3) is 3.69. The Morgan fingerprint density at radius 1 is 1.17 bits per heavy atom. The minimum Gasteiger partial charge on any atom is -0.384 e. The number of fused-ring (bicyclic) bond motifs is 2. The summed E-state index contributed by atoms with van der Waals surface area (Å²) in [6.07, 6.45) is 0.677. The van der Waals surface area contributed by atoms with Crippen LogP contribution in [0.25, 0.3) is 27.9 Å². The first-order valence-corrected chi connectivity index (χ1v) is 9.78. The molecule has 30 heavy (non-hydrogen) atoms. The molecule has 154 valence electrons. The molecule has 0 aliphatic carbocycles. The summed E-state index contributed by atoms with van der Waals surface area (Å²) in [4.78, 5) is 22.3. The number of nitrogen functional groups attached to an aromatic ring is 1. The van der Waals surface area contributed by atoms with Crippen molar-refractivity contribution in [3.05, 3.63) is 59.9 Å². The Labute approximate surface area is 172 Å². The van der Waals surface area contributed by atoms with Crippen molar-refractivity contribution < 1.29 is 13.9 Å². The maximum atomic E-state index is 13.9. The zero-order chi connectivity index (χ0) is 21.1. The number of halogens is 1. The van der Waals surface area contributed by atoms with E-state index in [-0.39, 0.29) is 17.3 Å². The van der Waals surface area contributed by atoms with E-state index in [1.54, 1.807) is 16.7 Å². The molecule has 2 aromatic carbocycles. The number of nitrogens with two attached hydrogens (primary N) is 1. The number of para-hydroxylation sites is 2. The molecule has 0 aliphatic rings. The van der Waals surface area contributed by atoms with Crippen molar-refractivity contribution >= 4 is 33.9 Å². The molecule has 2 heterocycles. The molecule has 2 aromatic heterocycles. The van der Waals surface area contributed by atoms with E-state index in [0.29, 0.717) is 54.1 Å². The second-order valence-corrected chi connectivity index (χ2v) is 6.77. The highest BCUT2D eigenvalue weighted by molar-refractivity contribution is 6.11. The van der Waals surface area contributed by atoms with Gasteiger partial charge in [0, 0.05) is 19.8 Å². The zero-order valence-corrected chi connectivity index (χ0v) is 16.6. The van der Waals surface area contributed by atoms with E-state index in [1.165, 1.54) is 12.1 Å². The Morgan fingerprint density at radius 3 is 2.67 bits per heavy atom. The van der Waals surface area contributed by atoms with Gasteiger partial charge >= 0.3 is 0 Å². The molecule has 4 rings (SSSR count). The Morgan fingerprint density at radius 2 is 1.93 bits per heavy atom. The van der Waals surface area contributed by atoms with Gasteiger partial charge < -0.3 is 15.8 Å². The monoisotopic (exact) mass is 407 g/mol. The summed E-state index contributed by atoms with van der Waals surface area (Å²) in [5.41, 5.74) is 9.16. The van der Waals surface area contributed by atoms with E-state index in [0.717, 1.165) is 0 Å². The van der Waals surface area contributed by atoms with Gasteiger partial charge in [0.2, 0.25) is 0 Å². The quantitative estimate of drug-likeness (QED) is 0.458. The molecule has 3 N–H and O–H groups in total. The number of hydrogen-bond donors (Lipinski definition) is 2. The first-order valence-electron chi connectivity index (χ1n) is 9.78. The lowest BCUT2D eigenvalue weighted by Gasteiger charge is -2.08. The zero-order valence-electron chi connectivity index (χ0n) is 16.6. The predicted molar refractivity (Wildman–Crippen MR) is 114 cm³/mol. The van der Waals surface area contributed by atoms with Gasteiger partial charge in [-0.1, -0.05) is 18.2 Å². The number of nitrogens with zero attached hydrogens (tertiary/aromatic N) is 3. The van der Waals surface area contributed by atoms with Crippen LogP contribution in [0, 0.1) is 5.82 Å². The molecule has 0 fully saturated rings. The van der Waals surface area contributed by atoms with Crippen molar-refractivity contribution in [2.75, 3.05) is 25.5 Å². The van der Waals surface area contributed by atoms with E-state index in [2.05, 4.69) is 15.3 Å². The lowest BCUT2D eigenvalue weighted by Crippen LogP contribution is -2.26. The molecule has 0 spiro atoms. The molecule has 0 unspecified atom stereocenters. The highest BCUT2D eigenvalue weighted by atomic mass is 19.1. The smallest absolute Gasteiger partial charge is 0.257 e. The fourth-order valence-corrected chi connectivity index (χ4v) is 3.37. The Hall–Kier alpha value is -3.52. The minimum atomic E-state index is -0.413. The van der Waals surface area contributed by atoms with E-state index in [4.69, 9.17) is 10.5 Å². The highest BCUT2D eigenvalue weighted by Crippen LogP contribution is 2.31. The fraction of sp³-hybridized carbons (Fsp3) is 0.227. The molecule has 0 aliphatic heterocycles. The second kappa shape index (κ2) is 8.46. The first kappa shape index (κ1) is 19.8. The van der Waals surface area contributed by atoms with Gasteiger partial charge in [-0.25, -0.2) is 14.4 Å². The van der Waals surface area contributed by atoms with Crippen LogP contribution in [0.1, 0.15) is 23.7 Å². The van der Waals surface area contributed by atoms with Gasteiger partial charge in [0.25, 0.3) is 5.91 Å². The predicted octanol–water partition coefficient (Wildman–Crippen LogP) is 3.45. The van der Waals surface area contributed by atoms with E-state index < -0.39 is 5.82 Å². The molecule has 0 bridgehead atoms. The van der Waals surface area contributed by atoms with Crippen molar-refractivity contribution in [1.29, 1.82) is 0 Å². The summed E-state index contributed by atoms with van der Waals surface area (Å²) < 4.78 is 20.8. The highest BCUT2D eigenvalue weighted by Gasteiger charge is 2.24. The summed E-state index contributed by atoms with van der Waals surface area (Å²) in [7, 11) is 0. The lowest BCUT2D eigenvalue weighted by atomic mass is 10.2. The lowest BCUT2D eigenvalue weighted by molar-refractivity contribution is 0.0946. The number of carbonyl (C=O) groups is 1. The maximum Gasteiger partial charge on any atom is 0.257 e. The summed E-state index contributed by atoms with van der Waals surface area (Å²) in [6.45, 7) is 3.54. The number of anilines is 1. The normalized spacial score (nSPS) is 11.3. The SMILES string of the molecule is CCOCCCNC(=O)c1c(N)n(-c2cccc(F)c2)c2nc3ccccc3nc12. The van der Waals surface area contributed by atoms with E-state index >= 15 is 0 Å². The van der Waals surface area contributed by atoms with Crippen LogP contribution in [-0.2, 0) is 4.74 Å². The van der Waals surface area contributed by atoms with Gasteiger partial charge in [-0.05, 0) is 43.7 Å². The third-order valence-corrected chi connectivity index (χ3v) is 4.75. The Balaban J connectivity index is 1.84. The van der Waals surface area contributed by atoms with Gasteiger partial charge in [-0.2, -0.15) is 0 Å². The molecule has 0 saturated heterocycles. The summed E-state index contributed by atoms with van der Waals surface area (Å²) >= 11 is 0. The number of rotatable bonds is 7. The number of carbonyl (C=O) groups excluding carboxylic acids is 1. The molecular weight excluding hydrogens is 385 g/mol. The molecule has 1 amide bonds. The van der Waals surface area contributed by atoms with Crippen LogP contribution in [0.4, 0.5) is 10.2 Å². The van der Waals surface area contributed by atoms with Crippen LogP contribution in [0.2, 0.25) is 0 Å². The van der Waals surface area contributed by atoms with Crippen LogP contribution >= 0.6 is 0 Å². The summed E-state index contributed by atoms with van der Waals surface area (Å²) in [6, 6.07) is 13.3. The van der Waals surface area contributed by atoms with Gasteiger partial charge in [0.05, 0.1) is 16.7 Å². The number of benzene rings is 2. The summed E-state index contributed by atoms with van der Waals surface area (Å²) in [5, 5.41) is 2.86. The van der Waals surface area contributed by atoms with Crippen LogP contribution in [0.15, 0.2) is 48.5 Å². The number of ether oxygens (including phenoxy) is 1. The van der Waals surface area contributed by atoms with Crippen molar-refractivity contribution in [3.8, 4) is 5.69 Å². The van der Waals surface area contributed by atoms with E-state index in [1.807, 2.05) is 31.2 Å². The van der Waals surface area contributed by atoms with Crippen LogP contribution < -0.4 is 11.1 Å². The molecule has 0 saturated carbocycles. The topological polar surface area (TPSA) is 95.1 Å². The average Bonchev–Trinajstić information content (AvgIpc) is 3.02. The minimum absolute atomic E-state index is 0.160. The molecule has 0 atom stereocenters. The standard InChI is InChI=1S/C22H22FN5O2/c1-2-30-12-6-11-25-22(29)18-19-21(27-17-10-4-3-9-16(17)26-19)28(20(18)24)15-8-5-7-14(23)13-15/h3-5,7-10,13H,2,6,11-12,24H2,1H3,(H,25,29). The first-order chi connectivity index (χ1) is 14.6. The number of nitrogens with one attached hydrogen (secondary N) is 1. The molecule has 8 heteroatoms. The largest absolute Gasteiger partial charge is 0.384 e. The van der Waals surface area contributed by atoms with Gasteiger partial charge in [0.15, 0.2) is 5.65 Å². The molecule has 0 radical (unpaired) electrons. The molecular formula is C22H22FN5O2. The average molecular weight is 407 g/mol. The maximum absolute atomic E-state index is 13.9. The second-order valence-electron chi connectivity index (χ2n) is 6.77. The van der Waals surface area contributed by atoms with Crippen molar-refractivity contribution in [2.45, 2.75) is 13.3 Å². The van der Waals surface area contributed by atoms with Gasteiger partial charge in [-0.3, -0.25) is 9.36 Å². The molecule has 7 nitrogen and oxygen atoms in total. The van der Waals surface area contributed by atoms with Crippen molar-refractivity contribution in [2.24, 2.45) is 0 Å². The van der Waals surface area contributed by atoms with Crippen molar-refractivity contribution in [1.82, 2.24) is 19.9 Å². The number of aromatic nitrogens is 3. The Kier molecular flexibility index (Phi) is 5.58. The molecule has 4 aromatic rings. The van der Waals surface area contributed by atoms with Crippen LogP contribution in [-0.4, -0.2) is 40.2 Å².